The predicted molar refractivity (Wildman–Crippen MR) is 94.9 cm³/mol. The first kappa shape index (κ1) is 19.6. The van der Waals surface area contributed by atoms with Crippen LogP contribution in [0.15, 0.2) is 0 Å². The Hall–Kier alpha value is 0.529. The molecule has 0 unspecified atom stereocenters. The van der Waals surface area contributed by atoms with Gasteiger partial charge in [0, 0.05) is 0 Å². The third-order valence-corrected chi connectivity index (χ3v) is 15.5. The molecule has 0 saturated carbocycles. The fourth-order valence-electron chi connectivity index (χ4n) is 1.99. The Bertz CT molecular complexity index is 356. The standard InChI is InChI=1S/C5H6O4S3.2C4H9.Sn/c6-3(7)1-11-5(10)12-2-4(8)9;2*1-3-4-2;/h1-2H2,(H,6,7)(H,8,9);2*1,3-4H2,2H3;/q;;;+2/p-2. The third kappa shape index (κ3) is 7.56. The van der Waals surface area contributed by atoms with Gasteiger partial charge in [-0.15, -0.1) is 0 Å². The summed E-state index contributed by atoms with van der Waals surface area (Å²) < 4.78 is 13.7. The summed E-state index contributed by atoms with van der Waals surface area (Å²) in [6.07, 6.45) is 3.90. The van der Waals surface area contributed by atoms with E-state index >= 15 is 0 Å². The van der Waals surface area contributed by atoms with Gasteiger partial charge < -0.3 is 0 Å². The minimum atomic E-state index is -3.64. The number of rotatable bonds is 6. The molecule has 0 aromatic heterocycles. The van der Waals surface area contributed by atoms with Crippen LogP contribution in [0, 0.1) is 0 Å². The fraction of sp³-hybridized carbons (Fsp3) is 0.769. The van der Waals surface area contributed by atoms with E-state index in [9.17, 15) is 9.59 Å². The van der Waals surface area contributed by atoms with E-state index in [4.69, 9.17) is 18.4 Å². The van der Waals surface area contributed by atoms with Gasteiger partial charge in [-0.25, -0.2) is 0 Å². The molecule has 1 heterocycles. The summed E-state index contributed by atoms with van der Waals surface area (Å²) in [7, 11) is 0. The molecule has 0 radical (unpaired) electrons. The Morgan fingerprint density at radius 2 is 1.43 bits per heavy atom. The van der Waals surface area contributed by atoms with Gasteiger partial charge in [-0.3, -0.25) is 0 Å². The van der Waals surface area contributed by atoms with E-state index in [0.717, 1.165) is 34.6 Å². The molecular weight excluding hydrogens is 435 g/mol. The van der Waals surface area contributed by atoms with E-state index in [2.05, 4.69) is 13.8 Å². The van der Waals surface area contributed by atoms with Crippen molar-refractivity contribution in [3.05, 3.63) is 0 Å². The second-order valence-electron chi connectivity index (χ2n) is 4.89. The van der Waals surface area contributed by atoms with Crippen LogP contribution in [0.25, 0.3) is 0 Å². The number of carbonyl (C=O) groups is 2. The summed E-state index contributed by atoms with van der Waals surface area (Å²) in [5, 5.41) is 0. The fourth-order valence-corrected chi connectivity index (χ4v) is 14.1. The summed E-state index contributed by atoms with van der Waals surface area (Å²) in [5.74, 6) is -0.109. The van der Waals surface area contributed by atoms with Gasteiger partial charge in [0.1, 0.15) is 0 Å². The van der Waals surface area contributed by atoms with Crippen LogP contribution in [0.5, 0.6) is 0 Å². The maximum atomic E-state index is 12.0. The summed E-state index contributed by atoms with van der Waals surface area (Å²) >= 11 is 4.01. The van der Waals surface area contributed by atoms with E-state index < -0.39 is 19.2 Å². The number of thioether (sulfide) groups is 2. The van der Waals surface area contributed by atoms with Gasteiger partial charge in [-0.05, 0) is 0 Å². The molecule has 21 heavy (non-hydrogen) atoms. The van der Waals surface area contributed by atoms with E-state index in [1.165, 1.54) is 23.5 Å². The van der Waals surface area contributed by atoms with Crippen molar-refractivity contribution in [1.29, 1.82) is 0 Å². The van der Waals surface area contributed by atoms with Crippen LogP contribution in [0.1, 0.15) is 39.5 Å². The first-order valence-corrected chi connectivity index (χ1v) is 16.0. The average Bonchev–Trinajstić information content (AvgIpc) is 2.46. The molecule has 0 amide bonds. The number of hydrogen-bond donors (Lipinski definition) is 0. The van der Waals surface area contributed by atoms with E-state index in [-0.39, 0.29) is 23.4 Å². The van der Waals surface area contributed by atoms with Crippen molar-refractivity contribution in [3.63, 3.8) is 0 Å². The van der Waals surface area contributed by atoms with Gasteiger partial charge in [0.15, 0.2) is 0 Å². The Labute approximate surface area is 145 Å². The second-order valence-corrected chi connectivity index (χ2v) is 17.3. The summed E-state index contributed by atoms with van der Waals surface area (Å²) in [4.78, 5) is 24.1. The normalized spacial score (nSPS) is 19.8. The maximum absolute atomic E-state index is 12.0. The SMILES string of the molecule is CCC[CH2][Sn]1([CH2]CCC)[O]C(=O)CSC(=S)SCC(=O)[O]1. The Kier molecular flexibility index (Phi) is 9.63. The van der Waals surface area contributed by atoms with Gasteiger partial charge in [0.2, 0.25) is 0 Å². The number of thiocarbonyl (C=S) groups is 1. The molecule has 4 nitrogen and oxygen atoms in total. The number of unbranched alkanes of at least 4 members (excludes halogenated alkanes) is 2. The molecule has 1 fully saturated rings. The molecule has 120 valence electrons. The zero-order valence-corrected chi connectivity index (χ0v) is 17.8. The summed E-state index contributed by atoms with van der Waals surface area (Å²) in [6, 6.07) is 0. The first-order valence-electron chi connectivity index (χ1n) is 7.24. The molecule has 1 aliphatic heterocycles. The summed E-state index contributed by atoms with van der Waals surface area (Å²) in [5.41, 5.74) is 0. The predicted octanol–water partition coefficient (Wildman–Crippen LogP) is 3.88. The van der Waals surface area contributed by atoms with Crippen molar-refractivity contribution in [2.24, 2.45) is 0 Å². The van der Waals surface area contributed by atoms with Crippen molar-refractivity contribution in [1.82, 2.24) is 0 Å². The van der Waals surface area contributed by atoms with Crippen LogP contribution in [0.2, 0.25) is 8.87 Å². The third-order valence-electron chi connectivity index (χ3n) is 3.04. The van der Waals surface area contributed by atoms with Crippen LogP contribution in [-0.4, -0.2) is 46.2 Å². The van der Waals surface area contributed by atoms with Crippen molar-refractivity contribution >= 4 is 70.4 Å². The molecule has 0 aromatic carbocycles. The molecule has 0 N–H and O–H groups in total. The van der Waals surface area contributed by atoms with Crippen molar-refractivity contribution in [2.75, 3.05) is 11.5 Å². The topological polar surface area (TPSA) is 52.6 Å². The molecular formula is C13H22O4S3Sn. The van der Waals surface area contributed by atoms with Crippen LogP contribution in [-0.2, 0) is 15.7 Å². The number of carbonyl (C=O) groups excluding carboxylic acids is 2. The Morgan fingerprint density at radius 3 is 1.81 bits per heavy atom. The van der Waals surface area contributed by atoms with Gasteiger partial charge >= 0.3 is 146 Å². The van der Waals surface area contributed by atoms with E-state index in [1.54, 1.807) is 0 Å². The van der Waals surface area contributed by atoms with E-state index in [1.807, 2.05) is 0 Å². The molecule has 0 aliphatic carbocycles. The van der Waals surface area contributed by atoms with Gasteiger partial charge in [0.05, 0.1) is 0 Å². The van der Waals surface area contributed by atoms with Crippen LogP contribution in [0.3, 0.4) is 0 Å². The Balaban J connectivity index is 2.88. The molecule has 0 bridgehead atoms. The average molecular weight is 457 g/mol. The van der Waals surface area contributed by atoms with Gasteiger partial charge in [-0.1, -0.05) is 0 Å². The van der Waals surface area contributed by atoms with Crippen LogP contribution < -0.4 is 0 Å². The number of hydrogen-bond acceptors (Lipinski definition) is 7. The first-order chi connectivity index (χ1) is 10.0. The molecule has 0 aromatic rings. The van der Waals surface area contributed by atoms with Crippen LogP contribution >= 0.6 is 35.7 Å². The zero-order valence-electron chi connectivity index (χ0n) is 12.5. The minimum absolute atomic E-state index is 0.223. The monoisotopic (exact) mass is 458 g/mol. The second kappa shape index (κ2) is 10.3. The van der Waals surface area contributed by atoms with Crippen molar-refractivity contribution < 1.29 is 15.7 Å². The molecule has 0 spiro atoms. The quantitative estimate of drug-likeness (QED) is 0.444. The van der Waals surface area contributed by atoms with Crippen molar-refractivity contribution in [2.45, 2.75) is 48.4 Å². The molecule has 8 heteroatoms. The summed E-state index contributed by atoms with van der Waals surface area (Å²) in [6.45, 7) is 4.18. The molecule has 1 aliphatic rings. The van der Waals surface area contributed by atoms with Crippen LogP contribution in [0.4, 0.5) is 0 Å². The molecule has 1 rings (SSSR count). The van der Waals surface area contributed by atoms with Crippen molar-refractivity contribution in [3.8, 4) is 0 Å². The Morgan fingerprint density at radius 1 is 1.00 bits per heavy atom. The molecule has 0 atom stereocenters. The van der Waals surface area contributed by atoms with Gasteiger partial charge in [-0.2, -0.15) is 0 Å². The van der Waals surface area contributed by atoms with E-state index in [0.29, 0.717) is 3.53 Å². The van der Waals surface area contributed by atoms with Gasteiger partial charge in [0.25, 0.3) is 0 Å². The molecule has 1 saturated heterocycles. The zero-order chi connectivity index (χ0) is 15.7.